The highest BCUT2D eigenvalue weighted by Gasteiger charge is 2.33. The van der Waals surface area contributed by atoms with E-state index in [9.17, 15) is 4.79 Å². The van der Waals surface area contributed by atoms with Gasteiger partial charge in [0.05, 0.1) is 25.1 Å². The summed E-state index contributed by atoms with van der Waals surface area (Å²) in [6.45, 7) is 5.18. The average Bonchev–Trinajstić information content (AvgIpc) is 3.12. The summed E-state index contributed by atoms with van der Waals surface area (Å²) in [5.41, 5.74) is 3.14. The van der Waals surface area contributed by atoms with Crippen LogP contribution in [0.25, 0.3) is 6.08 Å². The molecular formula is C27H22I2N2O2S. The molecule has 4 rings (SSSR count). The lowest BCUT2D eigenvalue weighted by molar-refractivity contribution is -0.122. The number of halogens is 2. The van der Waals surface area contributed by atoms with Gasteiger partial charge in [-0.1, -0.05) is 73.3 Å². The van der Waals surface area contributed by atoms with E-state index < -0.39 is 0 Å². The van der Waals surface area contributed by atoms with Gasteiger partial charge in [-0.2, -0.15) is 0 Å². The number of aliphatic imine (C=N–C) groups is 1. The molecule has 1 fully saturated rings. The van der Waals surface area contributed by atoms with Gasteiger partial charge in [0.1, 0.15) is 12.4 Å². The minimum Gasteiger partial charge on any atom is -0.487 e. The van der Waals surface area contributed by atoms with Crippen molar-refractivity contribution in [1.82, 2.24) is 4.90 Å². The molecule has 0 spiro atoms. The molecule has 3 aromatic rings. The van der Waals surface area contributed by atoms with Crippen molar-refractivity contribution in [3.63, 3.8) is 0 Å². The zero-order chi connectivity index (χ0) is 23.9. The number of carbonyl (C=O) groups is 1. The van der Waals surface area contributed by atoms with Gasteiger partial charge >= 0.3 is 0 Å². The molecule has 172 valence electrons. The van der Waals surface area contributed by atoms with E-state index in [1.807, 2.05) is 78.9 Å². The highest BCUT2D eigenvalue weighted by molar-refractivity contribution is 14.1. The van der Waals surface area contributed by atoms with E-state index in [-0.39, 0.29) is 5.91 Å². The second-order valence-corrected chi connectivity index (χ2v) is 10.8. The highest BCUT2D eigenvalue weighted by Crippen LogP contribution is 2.36. The van der Waals surface area contributed by atoms with Gasteiger partial charge in [-0.05, 0) is 91.8 Å². The predicted molar refractivity (Wildman–Crippen MR) is 158 cm³/mol. The van der Waals surface area contributed by atoms with Crippen LogP contribution in [0, 0.1) is 7.14 Å². The Kier molecular flexibility index (Phi) is 8.85. The first-order valence-corrected chi connectivity index (χ1v) is 13.6. The van der Waals surface area contributed by atoms with Crippen LogP contribution in [0.2, 0.25) is 0 Å². The third kappa shape index (κ3) is 6.31. The third-order valence-corrected chi connectivity index (χ3v) is 7.62. The van der Waals surface area contributed by atoms with E-state index in [0.29, 0.717) is 24.6 Å². The number of thioether (sulfide) groups is 1. The molecule has 0 aromatic heterocycles. The minimum atomic E-state index is -0.0299. The Balaban J connectivity index is 1.63. The molecule has 0 aliphatic carbocycles. The lowest BCUT2D eigenvalue weighted by Crippen LogP contribution is -2.28. The highest BCUT2D eigenvalue weighted by atomic mass is 127. The van der Waals surface area contributed by atoms with Crippen LogP contribution in [0.3, 0.4) is 0 Å². The Morgan fingerprint density at radius 1 is 0.971 bits per heavy atom. The molecule has 0 unspecified atom stereocenters. The predicted octanol–water partition coefficient (Wildman–Crippen LogP) is 7.13. The summed E-state index contributed by atoms with van der Waals surface area (Å²) in [6.07, 6.45) is 3.67. The van der Waals surface area contributed by atoms with E-state index in [1.54, 1.807) is 11.0 Å². The van der Waals surface area contributed by atoms with Gasteiger partial charge in [0, 0.05) is 0 Å². The Bertz CT molecular complexity index is 1220. The molecule has 34 heavy (non-hydrogen) atoms. The van der Waals surface area contributed by atoms with E-state index in [1.165, 1.54) is 11.8 Å². The van der Waals surface area contributed by atoms with E-state index in [4.69, 9.17) is 9.73 Å². The van der Waals surface area contributed by atoms with E-state index in [2.05, 4.69) is 51.8 Å². The average molecular weight is 692 g/mol. The summed E-state index contributed by atoms with van der Waals surface area (Å²) < 4.78 is 7.77. The van der Waals surface area contributed by atoms with Crippen molar-refractivity contribution in [3.8, 4) is 5.75 Å². The van der Waals surface area contributed by atoms with Crippen LogP contribution in [-0.2, 0) is 17.9 Å². The number of rotatable bonds is 8. The van der Waals surface area contributed by atoms with Crippen molar-refractivity contribution in [2.24, 2.45) is 4.99 Å². The van der Waals surface area contributed by atoms with Gasteiger partial charge in [-0.15, -0.1) is 0 Å². The van der Waals surface area contributed by atoms with Gasteiger partial charge in [-0.25, -0.2) is 0 Å². The van der Waals surface area contributed by atoms with Crippen molar-refractivity contribution in [2.45, 2.75) is 13.1 Å². The molecule has 1 heterocycles. The molecule has 0 radical (unpaired) electrons. The van der Waals surface area contributed by atoms with Gasteiger partial charge in [0.15, 0.2) is 5.17 Å². The van der Waals surface area contributed by atoms with Crippen LogP contribution >= 0.6 is 56.9 Å². The van der Waals surface area contributed by atoms with Crippen molar-refractivity contribution in [1.29, 1.82) is 0 Å². The van der Waals surface area contributed by atoms with Crippen LogP contribution in [0.5, 0.6) is 5.75 Å². The largest absolute Gasteiger partial charge is 0.487 e. The zero-order valence-electron chi connectivity index (χ0n) is 18.3. The summed E-state index contributed by atoms with van der Waals surface area (Å²) in [5.74, 6) is 0.808. The van der Waals surface area contributed by atoms with Gasteiger partial charge in [0.2, 0.25) is 0 Å². The third-order valence-electron chi connectivity index (χ3n) is 4.98. The van der Waals surface area contributed by atoms with Crippen molar-refractivity contribution in [2.75, 3.05) is 6.61 Å². The van der Waals surface area contributed by atoms with Crippen LogP contribution in [-0.4, -0.2) is 22.6 Å². The number of carbonyl (C=O) groups excluding carboxylic acids is 1. The van der Waals surface area contributed by atoms with E-state index >= 15 is 0 Å². The number of hydrogen-bond donors (Lipinski definition) is 0. The maximum Gasteiger partial charge on any atom is 0.267 e. The minimum absolute atomic E-state index is 0.0299. The van der Waals surface area contributed by atoms with Gasteiger partial charge in [-0.3, -0.25) is 14.7 Å². The topological polar surface area (TPSA) is 41.9 Å². The van der Waals surface area contributed by atoms with Crippen LogP contribution in [0.4, 0.5) is 0 Å². The SMILES string of the molecule is C=CCOc1c(I)cc(/C=C2\SC(=NCc3ccccc3)N(Cc3ccccc3)C2=O)cc1I. The first-order valence-electron chi connectivity index (χ1n) is 10.6. The second kappa shape index (κ2) is 12.0. The van der Waals surface area contributed by atoms with Crippen molar-refractivity contribution < 1.29 is 9.53 Å². The van der Waals surface area contributed by atoms with Crippen LogP contribution in [0.15, 0.2) is 95.3 Å². The Labute approximate surface area is 231 Å². The monoisotopic (exact) mass is 692 g/mol. The summed E-state index contributed by atoms with van der Waals surface area (Å²) in [4.78, 5) is 20.7. The fourth-order valence-corrected chi connectivity index (χ4v) is 6.47. The summed E-state index contributed by atoms with van der Waals surface area (Å²) in [5, 5.41) is 0.722. The number of benzene rings is 3. The maximum atomic E-state index is 13.4. The lowest BCUT2D eigenvalue weighted by atomic mass is 10.2. The van der Waals surface area contributed by atoms with Gasteiger partial charge < -0.3 is 4.74 Å². The Hall–Kier alpha value is -2.11. The van der Waals surface area contributed by atoms with Gasteiger partial charge in [0.25, 0.3) is 5.91 Å². The molecule has 4 nitrogen and oxygen atoms in total. The zero-order valence-corrected chi connectivity index (χ0v) is 23.4. The number of hydrogen-bond acceptors (Lipinski definition) is 4. The standard InChI is InChI=1S/C27H22I2N2O2S/c1-2-13-33-25-22(28)14-21(15-23(25)29)16-24-26(32)31(18-20-11-7-4-8-12-20)27(34-24)30-17-19-9-5-3-6-10-19/h2-12,14-16H,1,13,17-18H2/b24-16-,30-27?. The first kappa shape index (κ1) is 25.0. The van der Waals surface area contributed by atoms with E-state index in [0.717, 1.165) is 34.7 Å². The molecule has 7 heteroatoms. The molecule has 0 atom stereocenters. The molecule has 0 saturated carbocycles. The van der Waals surface area contributed by atoms with Crippen molar-refractivity contribution >= 4 is 74.1 Å². The second-order valence-electron chi connectivity index (χ2n) is 7.49. The molecule has 0 bridgehead atoms. The van der Waals surface area contributed by atoms with Crippen molar-refractivity contribution in [3.05, 3.63) is 114 Å². The number of amidine groups is 1. The smallest absolute Gasteiger partial charge is 0.267 e. The summed E-state index contributed by atoms with van der Waals surface area (Å²) >= 11 is 5.96. The molecule has 1 aliphatic rings. The molecule has 1 amide bonds. The maximum absolute atomic E-state index is 13.4. The number of ether oxygens (including phenoxy) is 1. The molecular weight excluding hydrogens is 670 g/mol. The first-order chi connectivity index (χ1) is 16.5. The molecule has 1 aliphatic heterocycles. The summed E-state index contributed by atoms with van der Waals surface area (Å²) in [7, 11) is 0. The molecule has 3 aromatic carbocycles. The lowest BCUT2D eigenvalue weighted by Gasteiger charge is -2.15. The Morgan fingerprint density at radius 2 is 1.59 bits per heavy atom. The Morgan fingerprint density at radius 3 is 2.21 bits per heavy atom. The number of nitrogens with zero attached hydrogens (tertiary/aromatic N) is 2. The normalized spacial score (nSPS) is 15.8. The van der Waals surface area contributed by atoms with Crippen LogP contribution < -0.4 is 4.74 Å². The molecule has 1 saturated heterocycles. The molecule has 0 N–H and O–H groups in total. The number of amides is 1. The fraction of sp³-hybridized carbons (Fsp3) is 0.111. The van der Waals surface area contributed by atoms with Crippen LogP contribution in [0.1, 0.15) is 16.7 Å². The summed E-state index contributed by atoms with van der Waals surface area (Å²) in [6, 6.07) is 24.2. The quantitative estimate of drug-likeness (QED) is 0.143. The fourth-order valence-electron chi connectivity index (χ4n) is 3.37.